The fourth-order valence-electron chi connectivity index (χ4n) is 1.80. The molecule has 5 heteroatoms. The van der Waals surface area contributed by atoms with Crippen molar-refractivity contribution in [1.29, 1.82) is 0 Å². The molecule has 0 heterocycles. The molecule has 1 aromatic rings. The van der Waals surface area contributed by atoms with Gasteiger partial charge >= 0.3 is 0 Å². The highest BCUT2D eigenvalue weighted by Crippen LogP contribution is 2.00. The second-order valence-electron chi connectivity index (χ2n) is 5.06. The van der Waals surface area contributed by atoms with Crippen LogP contribution < -0.4 is 10.8 Å². The molecule has 0 saturated carbocycles. The minimum atomic E-state index is -0.384. The lowest BCUT2D eigenvalue weighted by Crippen LogP contribution is -2.25. The van der Waals surface area contributed by atoms with Crippen molar-refractivity contribution in [3.8, 4) is 11.8 Å². The molecule has 2 amide bonds. The Hall–Kier alpha value is -2.58. The zero-order chi connectivity index (χ0) is 16.9. The van der Waals surface area contributed by atoms with E-state index < -0.39 is 0 Å². The Morgan fingerprint density at radius 2 is 1.91 bits per heavy atom. The molecule has 0 atom stereocenters. The van der Waals surface area contributed by atoms with Gasteiger partial charge in [0, 0.05) is 24.1 Å². The Bertz CT molecular complexity index is 598. The van der Waals surface area contributed by atoms with Gasteiger partial charge in [-0.05, 0) is 38.0 Å². The zero-order valence-electron chi connectivity index (χ0n) is 13.3. The maximum Gasteiger partial charge on any atom is 0.247 e. The molecule has 0 spiro atoms. The molecule has 0 radical (unpaired) electrons. The van der Waals surface area contributed by atoms with Crippen LogP contribution in [0.3, 0.4) is 0 Å². The van der Waals surface area contributed by atoms with Gasteiger partial charge in [0.05, 0.1) is 0 Å². The van der Waals surface area contributed by atoms with Crippen LogP contribution in [0, 0.1) is 11.8 Å². The van der Waals surface area contributed by atoms with E-state index in [9.17, 15) is 9.59 Å². The molecule has 0 aromatic heterocycles. The first-order valence-corrected chi connectivity index (χ1v) is 7.58. The van der Waals surface area contributed by atoms with E-state index in [0.717, 1.165) is 18.4 Å². The van der Waals surface area contributed by atoms with E-state index in [0.29, 0.717) is 25.0 Å². The molecule has 0 fully saturated rings. The summed E-state index contributed by atoms with van der Waals surface area (Å²) in [6.45, 7) is 2.28. The number of nitrogens with one attached hydrogen (secondary N) is 2. The summed E-state index contributed by atoms with van der Waals surface area (Å²) in [7, 11) is 0. The van der Waals surface area contributed by atoms with Crippen molar-refractivity contribution < 1.29 is 14.8 Å². The molecule has 23 heavy (non-hydrogen) atoms. The number of amides is 2. The Morgan fingerprint density at radius 1 is 1.17 bits per heavy atom. The topological polar surface area (TPSA) is 78.4 Å². The number of hydrogen-bond acceptors (Lipinski definition) is 3. The van der Waals surface area contributed by atoms with E-state index in [1.807, 2.05) is 30.3 Å². The van der Waals surface area contributed by atoms with Crippen molar-refractivity contribution in [1.82, 2.24) is 10.8 Å². The van der Waals surface area contributed by atoms with Gasteiger partial charge in [0.2, 0.25) is 11.8 Å². The Morgan fingerprint density at radius 3 is 2.61 bits per heavy atom. The highest BCUT2D eigenvalue weighted by molar-refractivity contribution is 5.93. The lowest BCUT2D eigenvalue weighted by molar-refractivity contribution is -0.129. The van der Waals surface area contributed by atoms with Gasteiger partial charge in [-0.15, -0.1) is 0 Å². The Kier molecular flexibility index (Phi) is 8.87. The third-order valence-electron chi connectivity index (χ3n) is 3.13. The third-order valence-corrected chi connectivity index (χ3v) is 3.13. The molecule has 0 aliphatic carbocycles. The second-order valence-corrected chi connectivity index (χ2v) is 5.06. The van der Waals surface area contributed by atoms with Gasteiger partial charge in [0.25, 0.3) is 0 Å². The summed E-state index contributed by atoms with van der Waals surface area (Å²) in [5, 5.41) is 11.1. The fraction of sp³-hybridized carbons (Fsp3) is 0.333. The van der Waals surface area contributed by atoms with Crippen LogP contribution in [-0.4, -0.2) is 23.6 Å². The van der Waals surface area contributed by atoms with Gasteiger partial charge < -0.3 is 5.32 Å². The molecule has 1 aromatic carbocycles. The van der Waals surface area contributed by atoms with E-state index in [2.05, 4.69) is 17.2 Å². The highest BCUT2D eigenvalue weighted by atomic mass is 16.5. The van der Waals surface area contributed by atoms with Crippen molar-refractivity contribution in [3.63, 3.8) is 0 Å². The van der Waals surface area contributed by atoms with Crippen LogP contribution in [0.4, 0.5) is 0 Å². The average molecular weight is 314 g/mol. The predicted octanol–water partition coefficient (Wildman–Crippen LogP) is 2.17. The number of hydroxylamine groups is 1. The maximum atomic E-state index is 11.8. The van der Waals surface area contributed by atoms with Crippen molar-refractivity contribution in [2.45, 2.75) is 32.6 Å². The number of rotatable bonds is 7. The zero-order valence-corrected chi connectivity index (χ0v) is 13.3. The third kappa shape index (κ3) is 8.44. The molecule has 0 aliphatic heterocycles. The summed E-state index contributed by atoms with van der Waals surface area (Å²) in [6, 6.07) is 9.57. The van der Waals surface area contributed by atoms with Crippen LogP contribution in [0.1, 0.15) is 38.2 Å². The van der Waals surface area contributed by atoms with Gasteiger partial charge in [-0.25, -0.2) is 5.48 Å². The molecular formula is C18H22N2O3. The number of hydrogen-bond donors (Lipinski definition) is 3. The SMILES string of the molecule is C/C(=C\C#Cc1ccccc1)C(=O)NCCCCCC(=O)NO. The Labute approximate surface area is 136 Å². The second kappa shape index (κ2) is 11.0. The van der Waals surface area contributed by atoms with Crippen LogP contribution in [0.2, 0.25) is 0 Å². The van der Waals surface area contributed by atoms with Gasteiger partial charge in [0.1, 0.15) is 0 Å². The maximum absolute atomic E-state index is 11.8. The van der Waals surface area contributed by atoms with E-state index in [4.69, 9.17) is 5.21 Å². The summed E-state index contributed by atoms with van der Waals surface area (Å²) in [5.41, 5.74) is 3.06. The van der Waals surface area contributed by atoms with Gasteiger partial charge in [-0.1, -0.05) is 36.5 Å². The van der Waals surface area contributed by atoms with Gasteiger partial charge in [-0.2, -0.15) is 0 Å². The summed E-state index contributed by atoms with van der Waals surface area (Å²) in [5.74, 6) is 5.31. The number of benzene rings is 1. The van der Waals surface area contributed by atoms with E-state index in [1.165, 1.54) is 0 Å². The molecule has 0 unspecified atom stereocenters. The molecule has 0 bridgehead atoms. The first-order chi connectivity index (χ1) is 11.1. The monoisotopic (exact) mass is 314 g/mol. The predicted molar refractivity (Wildman–Crippen MR) is 88.5 cm³/mol. The number of allylic oxidation sites excluding steroid dienone is 1. The van der Waals surface area contributed by atoms with Crippen LogP contribution in [0.5, 0.6) is 0 Å². The quantitative estimate of drug-likeness (QED) is 0.237. The van der Waals surface area contributed by atoms with Crippen LogP contribution in [0.25, 0.3) is 0 Å². The normalized spacial score (nSPS) is 10.4. The van der Waals surface area contributed by atoms with E-state index in [-0.39, 0.29) is 11.8 Å². The smallest absolute Gasteiger partial charge is 0.247 e. The van der Waals surface area contributed by atoms with E-state index in [1.54, 1.807) is 18.5 Å². The minimum absolute atomic E-state index is 0.138. The van der Waals surface area contributed by atoms with E-state index >= 15 is 0 Å². The largest absolute Gasteiger partial charge is 0.352 e. The first kappa shape index (κ1) is 18.5. The molecule has 0 aliphatic rings. The van der Waals surface area contributed by atoms with Crippen LogP contribution >= 0.6 is 0 Å². The standard InChI is InChI=1S/C18H22N2O3/c1-15(9-8-12-16-10-4-2-5-11-16)18(22)19-14-7-3-6-13-17(21)20-23/h2,4-5,9-11,23H,3,6-7,13-14H2,1H3,(H,19,22)(H,20,21)/b15-9+. The van der Waals surface area contributed by atoms with Crippen molar-refractivity contribution >= 4 is 11.8 Å². The van der Waals surface area contributed by atoms with Crippen molar-refractivity contribution in [2.75, 3.05) is 6.54 Å². The van der Waals surface area contributed by atoms with Gasteiger partial charge in [0.15, 0.2) is 0 Å². The van der Waals surface area contributed by atoms with Gasteiger partial charge in [-0.3, -0.25) is 14.8 Å². The summed E-state index contributed by atoms with van der Waals surface area (Å²) in [4.78, 5) is 22.6. The molecule has 1 rings (SSSR count). The number of carbonyl (C=O) groups excluding carboxylic acids is 2. The molecule has 0 saturated heterocycles. The average Bonchev–Trinajstić information content (AvgIpc) is 2.58. The number of unbranched alkanes of at least 4 members (excludes halogenated alkanes) is 2. The highest BCUT2D eigenvalue weighted by Gasteiger charge is 2.02. The fourth-order valence-corrected chi connectivity index (χ4v) is 1.80. The van der Waals surface area contributed by atoms with Crippen LogP contribution in [-0.2, 0) is 9.59 Å². The Balaban J connectivity index is 2.25. The molecule has 3 N–H and O–H groups in total. The first-order valence-electron chi connectivity index (χ1n) is 7.58. The van der Waals surface area contributed by atoms with Crippen molar-refractivity contribution in [2.24, 2.45) is 0 Å². The molecular weight excluding hydrogens is 292 g/mol. The van der Waals surface area contributed by atoms with Crippen molar-refractivity contribution in [3.05, 3.63) is 47.5 Å². The molecule has 5 nitrogen and oxygen atoms in total. The lowest BCUT2D eigenvalue weighted by atomic mass is 10.2. The minimum Gasteiger partial charge on any atom is -0.352 e. The summed E-state index contributed by atoms with van der Waals surface area (Å²) in [6.07, 6.45) is 4.17. The number of carbonyl (C=O) groups is 2. The summed E-state index contributed by atoms with van der Waals surface area (Å²) >= 11 is 0. The lowest BCUT2D eigenvalue weighted by Gasteiger charge is -2.04. The summed E-state index contributed by atoms with van der Waals surface area (Å²) < 4.78 is 0. The molecule has 122 valence electrons. The van der Waals surface area contributed by atoms with Crippen LogP contribution in [0.15, 0.2) is 42.0 Å².